The largest absolute Gasteiger partial charge is 0.322 e. The van der Waals surface area contributed by atoms with E-state index in [1.807, 2.05) is 61.5 Å². The van der Waals surface area contributed by atoms with Crippen molar-refractivity contribution < 1.29 is 9.59 Å². The van der Waals surface area contributed by atoms with E-state index in [4.69, 9.17) is 0 Å². The lowest BCUT2D eigenvalue weighted by Crippen LogP contribution is -2.30. The maximum absolute atomic E-state index is 12.5. The van der Waals surface area contributed by atoms with Crippen LogP contribution in [0.2, 0.25) is 0 Å². The summed E-state index contributed by atoms with van der Waals surface area (Å²) in [5.41, 5.74) is 4.49. The Morgan fingerprint density at radius 1 is 1.04 bits per heavy atom. The summed E-state index contributed by atoms with van der Waals surface area (Å²) in [5.74, 6) is 0.361. The number of aryl methyl sites for hydroxylation is 1. The lowest BCUT2D eigenvalue weighted by molar-refractivity contribution is -0.115. The monoisotopic (exact) mass is 375 g/mol. The molecule has 2 heterocycles. The number of aromatic amines is 1. The van der Waals surface area contributed by atoms with Gasteiger partial charge in [0.1, 0.15) is 0 Å². The van der Waals surface area contributed by atoms with Crippen LogP contribution in [0.3, 0.4) is 0 Å². The number of anilines is 2. The van der Waals surface area contributed by atoms with Crippen molar-refractivity contribution in [1.29, 1.82) is 0 Å². The van der Waals surface area contributed by atoms with E-state index in [0.717, 1.165) is 28.1 Å². The molecular formula is C21H21N5O2. The third-order valence-electron chi connectivity index (χ3n) is 4.83. The average Bonchev–Trinajstić information content (AvgIpc) is 3.27. The Morgan fingerprint density at radius 3 is 2.57 bits per heavy atom. The predicted molar refractivity (Wildman–Crippen MR) is 107 cm³/mol. The van der Waals surface area contributed by atoms with Crippen molar-refractivity contribution in [2.75, 3.05) is 10.6 Å². The molecule has 3 aromatic rings. The second kappa shape index (κ2) is 7.56. The smallest absolute Gasteiger partial charge is 0.314 e. The fourth-order valence-corrected chi connectivity index (χ4v) is 3.27. The highest BCUT2D eigenvalue weighted by molar-refractivity contribution is 5.93. The number of H-pyrrole nitrogens is 1. The third kappa shape index (κ3) is 3.73. The Kier molecular flexibility index (Phi) is 4.80. The van der Waals surface area contributed by atoms with E-state index in [-0.39, 0.29) is 18.4 Å². The van der Waals surface area contributed by atoms with Gasteiger partial charge in [0, 0.05) is 11.3 Å². The van der Waals surface area contributed by atoms with Gasteiger partial charge in [-0.1, -0.05) is 42.5 Å². The number of hydrogen-bond acceptors (Lipinski definition) is 3. The van der Waals surface area contributed by atoms with E-state index in [1.165, 1.54) is 0 Å². The number of urea groups is 1. The third-order valence-corrected chi connectivity index (χ3v) is 4.83. The van der Waals surface area contributed by atoms with Crippen LogP contribution in [0.15, 0.2) is 54.6 Å². The molecule has 2 aromatic carbocycles. The Bertz CT molecular complexity index is 1010. The van der Waals surface area contributed by atoms with E-state index in [9.17, 15) is 9.59 Å². The summed E-state index contributed by atoms with van der Waals surface area (Å²) in [6.45, 7) is 2.80. The molecule has 28 heavy (non-hydrogen) atoms. The molecule has 3 N–H and O–H groups in total. The molecule has 0 radical (unpaired) electrons. The number of nitrogens with one attached hydrogen (secondary N) is 3. The van der Waals surface area contributed by atoms with Gasteiger partial charge in [0.25, 0.3) is 0 Å². The molecule has 0 saturated heterocycles. The van der Waals surface area contributed by atoms with E-state index in [0.29, 0.717) is 18.9 Å². The van der Waals surface area contributed by atoms with Crippen molar-refractivity contribution in [3.8, 4) is 0 Å². The molecule has 0 saturated carbocycles. The normalized spacial score (nSPS) is 12.5. The first kappa shape index (κ1) is 17.8. The lowest BCUT2D eigenvalue weighted by atomic mass is 10.1. The van der Waals surface area contributed by atoms with Gasteiger partial charge >= 0.3 is 6.03 Å². The van der Waals surface area contributed by atoms with Crippen LogP contribution >= 0.6 is 0 Å². The SMILES string of the molecule is Cc1ccccc1CC(=O)Nc1n[nH]c2c1CN(C(=O)Nc1ccccc1)C2. The first-order valence-electron chi connectivity index (χ1n) is 9.11. The topological polar surface area (TPSA) is 90.1 Å². The number of benzene rings is 2. The summed E-state index contributed by atoms with van der Waals surface area (Å²) < 4.78 is 0. The van der Waals surface area contributed by atoms with Crippen LogP contribution in [0.1, 0.15) is 22.4 Å². The van der Waals surface area contributed by atoms with Crippen molar-refractivity contribution in [2.24, 2.45) is 0 Å². The minimum Gasteiger partial charge on any atom is -0.314 e. The zero-order valence-corrected chi connectivity index (χ0v) is 15.5. The molecule has 3 amide bonds. The van der Waals surface area contributed by atoms with Crippen LogP contribution in [-0.4, -0.2) is 27.0 Å². The number of aromatic nitrogens is 2. The van der Waals surface area contributed by atoms with Crippen LogP contribution in [0, 0.1) is 6.92 Å². The number of amides is 3. The highest BCUT2D eigenvalue weighted by atomic mass is 16.2. The number of carbonyl (C=O) groups excluding carboxylic acids is 2. The molecular weight excluding hydrogens is 354 g/mol. The van der Waals surface area contributed by atoms with Crippen LogP contribution < -0.4 is 10.6 Å². The molecule has 0 atom stereocenters. The van der Waals surface area contributed by atoms with E-state index in [1.54, 1.807) is 4.90 Å². The molecule has 0 aliphatic carbocycles. The molecule has 142 valence electrons. The Morgan fingerprint density at radius 2 is 1.79 bits per heavy atom. The van der Waals surface area contributed by atoms with Crippen molar-refractivity contribution >= 4 is 23.4 Å². The van der Waals surface area contributed by atoms with Gasteiger partial charge in [-0.25, -0.2) is 4.79 Å². The van der Waals surface area contributed by atoms with Gasteiger partial charge in [-0.05, 0) is 30.2 Å². The van der Waals surface area contributed by atoms with E-state index in [2.05, 4.69) is 20.8 Å². The molecule has 0 fully saturated rings. The van der Waals surface area contributed by atoms with Gasteiger partial charge in [-0.2, -0.15) is 5.10 Å². The van der Waals surface area contributed by atoms with Gasteiger partial charge in [-0.3, -0.25) is 9.89 Å². The zero-order chi connectivity index (χ0) is 19.5. The van der Waals surface area contributed by atoms with Crippen molar-refractivity contribution in [1.82, 2.24) is 15.1 Å². The standard InChI is InChI=1S/C21H21N5O2/c1-14-7-5-6-8-15(14)11-19(27)23-20-17-12-26(13-18(17)24-25-20)21(28)22-16-9-3-2-4-10-16/h2-10H,11-13H2,1H3,(H,22,28)(H2,23,24,25,27). The summed E-state index contributed by atoms with van der Waals surface area (Å²) in [5, 5.41) is 12.9. The van der Waals surface area contributed by atoms with Crippen LogP contribution in [0.5, 0.6) is 0 Å². The summed E-state index contributed by atoms with van der Waals surface area (Å²) in [4.78, 5) is 26.6. The summed E-state index contributed by atoms with van der Waals surface area (Å²) in [7, 11) is 0. The molecule has 1 aliphatic heterocycles. The summed E-state index contributed by atoms with van der Waals surface area (Å²) >= 11 is 0. The predicted octanol–water partition coefficient (Wildman–Crippen LogP) is 3.45. The fraction of sp³-hybridized carbons (Fsp3) is 0.190. The van der Waals surface area contributed by atoms with E-state index < -0.39 is 0 Å². The minimum atomic E-state index is -0.187. The maximum atomic E-state index is 12.5. The maximum Gasteiger partial charge on any atom is 0.322 e. The first-order valence-corrected chi connectivity index (χ1v) is 9.11. The molecule has 7 nitrogen and oxygen atoms in total. The Hall–Kier alpha value is -3.61. The molecule has 1 aromatic heterocycles. The number of nitrogens with zero attached hydrogens (tertiary/aromatic N) is 2. The Labute approximate surface area is 162 Å². The zero-order valence-electron chi connectivity index (χ0n) is 15.5. The lowest BCUT2D eigenvalue weighted by Gasteiger charge is -2.16. The molecule has 0 bridgehead atoms. The molecule has 1 aliphatic rings. The van der Waals surface area contributed by atoms with Gasteiger partial charge in [0.05, 0.1) is 25.2 Å². The van der Waals surface area contributed by atoms with Crippen molar-refractivity contribution in [3.05, 3.63) is 77.0 Å². The number of fused-ring (bicyclic) bond motifs is 1. The van der Waals surface area contributed by atoms with Crippen LogP contribution in [0.4, 0.5) is 16.3 Å². The number of carbonyl (C=O) groups is 2. The van der Waals surface area contributed by atoms with Crippen molar-refractivity contribution in [3.63, 3.8) is 0 Å². The minimum absolute atomic E-state index is 0.129. The number of hydrogen-bond donors (Lipinski definition) is 3. The van der Waals surface area contributed by atoms with Gasteiger partial charge in [0.2, 0.25) is 5.91 Å². The number of rotatable bonds is 4. The summed E-state index contributed by atoms with van der Waals surface area (Å²) in [6.07, 6.45) is 0.284. The van der Waals surface area contributed by atoms with Gasteiger partial charge in [0.15, 0.2) is 5.82 Å². The quantitative estimate of drug-likeness (QED) is 0.652. The van der Waals surface area contributed by atoms with Gasteiger partial charge < -0.3 is 15.5 Å². The molecule has 7 heteroatoms. The highest BCUT2D eigenvalue weighted by Gasteiger charge is 2.29. The van der Waals surface area contributed by atoms with Crippen molar-refractivity contribution in [2.45, 2.75) is 26.4 Å². The van der Waals surface area contributed by atoms with Crippen LogP contribution in [0.25, 0.3) is 0 Å². The van der Waals surface area contributed by atoms with E-state index >= 15 is 0 Å². The van der Waals surface area contributed by atoms with Crippen LogP contribution in [-0.2, 0) is 24.3 Å². The second-order valence-corrected chi connectivity index (χ2v) is 6.83. The average molecular weight is 375 g/mol. The van der Waals surface area contributed by atoms with Gasteiger partial charge in [-0.15, -0.1) is 0 Å². The molecule has 0 spiro atoms. The first-order chi connectivity index (χ1) is 13.6. The summed E-state index contributed by atoms with van der Waals surface area (Å²) in [6, 6.07) is 16.9. The Balaban J connectivity index is 1.39. The molecule has 4 rings (SSSR count). The highest BCUT2D eigenvalue weighted by Crippen LogP contribution is 2.27. The second-order valence-electron chi connectivity index (χ2n) is 6.83. The number of para-hydroxylation sites is 1. The fourth-order valence-electron chi connectivity index (χ4n) is 3.27. The molecule has 0 unspecified atom stereocenters.